The number of hydrogen-bond donors (Lipinski definition) is 0. The van der Waals surface area contributed by atoms with Gasteiger partial charge in [-0.15, -0.1) is 0 Å². The molecule has 0 unspecified atom stereocenters. The fraction of sp³-hybridized carbons (Fsp3) is 0.250. The Morgan fingerprint density at radius 3 is 2.63 bits per heavy atom. The van der Waals surface area contributed by atoms with E-state index < -0.39 is 0 Å². The number of hydrogen-bond acceptors (Lipinski definition) is 6. The third-order valence-electron chi connectivity index (χ3n) is 4.09. The molecule has 0 N–H and O–H groups in total. The molecule has 0 radical (unpaired) electrons. The van der Waals surface area contributed by atoms with Gasteiger partial charge < -0.3 is 9.47 Å². The average Bonchev–Trinajstić information content (AvgIpc) is 2.71. The zero-order valence-corrected chi connectivity index (χ0v) is 16.0. The lowest BCUT2D eigenvalue weighted by Crippen LogP contribution is -2.25. The van der Waals surface area contributed by atoms with Gasteiger partial charge in [0.2, 0.25) is 0 Å². The summed E-state index contributed by atoms with van der Waals surface area (Å²) in [5.41, 5.74) is 0.993. The molecule has 0 aliphatic rings. The Hall–Kier alpha value is -2.64. The number of rotatable bonds is 8. The zero-order chi connectivity index (χ0) is 19.2. The van der Waals surface area contributed by atoms with Crippen LogP contribution in [0.5, 0.6) is 5.75 Å². The molecule has 0 atom stereocenters. The van der Waals surface area contributed by atoms with Crippen LogP contribution < -0.4 is 10.3 Å². The minimum Gasteiger partial charge on any atom is -0.496 e. The first-order valence-corrected chi connectivity index (χ1v) is 9.41. The number of thioether (sulfide) groups is 1. The van der Waals surface area contributed by atoms with E-state index in [1.54, 1.807) is 42.0 Å². The second kappa shape index (κ2) is 8.83. The van der Waals surface area contributed by atoms with Crippen LogP contribution in [0.2, 0.25) is 0 Å². The molecule has 6 nitrogen and oxygen atoms in total. The van der Waals surface area contributed by atoms with E-state index in [-0.39, 0.29) is 17.1 Å². The summed E-state index contributed by atoms with van der Waals surface area (Å²) in [5, 5.41) is 1.05. The summed E-state index contributed by atoms with van der Waals surface area (Å²) >= 11 is 1.24. The summed E-state index contributed by atoms with van der Waals surface area (Å²) in [6.45, 7) is 0.756. The Kier molecular flexibility index (Phi) is 6.26. The lowest BCUT2D eigenvalue weighted by atomic mass is 10.1. The van der Waals surface area contributed by atoms with Gasteiger partial charge in [0, 0.05) is 7.11 Å². The molecule has 1 heterocycles. The number of carbonyl (C=O) groups excluding carboxylic acids is 1. The van der Waals surface area contributed by atoms with E-state index in [2.05, 4.69) is 4.98 Å². The normalized spacial score (nSPS) is 10.9. The molecular weight excluding hydrogens is 364 g/mol. The Balaban J connectivity index is 1.91. The first-order valence-electron chi connectivity index (χ1n) is 8.43. The second-order valence-corrected chi connectivity index (χ2v) is 6.72. The topological polar surface area (TPSA) is 70.4 Å². The molecule has 0 saturated heterocycles. The maximum atomic E-state index is 12.8. The highest BCUT2D eigenvalue weighted by Gasteiger charge is 2.16. The highest BCUT2D eigenvalue weighted by Crippen LogP contribution is 2.23. The second-order valence-electron chi connectivity index (χ2n) is 5.77. The minimum absolute atomic E-state index is 0.0850. The summed E-state index contributed by atoms with van der Waals surface area (Å²) in [5.74, 6) is 0.600. The van der Waals surface area contributed by atoms with Gasteiger partial charge in [0.05, 0.1) is 42.5 Å². The van der Waals surface area contributed by atoms with Crippen LogP contribution >= 0.6 is 11.8 Å². The molecular formula is C20H20N2O4S. The van der Waals surface area contributed by atoms with Crippen molar-refractivity contribution in [1.82, 2.24) is 9.55 Å². The van der Waals surface area contributed by atoms with E-state index in [1.807, 2.05) is 18.2 Å². The van der Waals surface area contributed by atoms with Gasteiger partial charge in [0.1, 0.15) is 5.75 Å². The van der Waals surface area contributed by atoms with E-state index in [0.29, 0.717) is 40.5 Å². The summed E-state index contributed by atoms with van der Waals surface area (Å²) in [6.07, 6.45) is 0. The Morgan fingerprint density at radius 2 is 1.85 bits per heavy atom. The number of ether oxygens (including phenoxy) is 2. The van der Waals surface area contributed by atoms with E-state index in [9.17, 15) is 9.59 Å². The SMILES string of the molecule is COCCn1c(SCC(=O)c2ccccc2OC)nc2ccccc2c1=O. The van der Waals surface area contributed by atoms with Gasteiger partial charge in [-0.1, -0.05) is 36.0 Å². The Bertz CT molecular complexity index is 1020. The number of methoxy groups -OCH3 is 2. The molecule has 0 aliphatic carbocycles. The third-order valence-corrected chi connectivity index (χ3v) is 5.06. The standard InChI is InChI=1S/C20H20N2O4S/c1-25-12-11-22-19(24)14-7-3-5-9-16(14)21-20(22)27-13-17(23)15-8-4-6-10-18(15)26-2/h3-10H,11-13H2,1-2H3. The molecule has 0 bridgehead atoms. The average molecular weight is 384 g/mol. The molecule has 3 aromatic rings. The van der Waals surface area contributed by atoms with Crippen molar-refractivity contribution in [2.24, 2.45) is 0 Å². The smallest absolute Gasteiger partial charge is 0.262 e. The lowest BCUT2D eigenvalue weighted by Gasteiger charge is -2.13. The predicted molar refractivity (Wildman–Crippen MR) is 106 cm³/mol. The van der Waals surface area contributed by atoms with Crippen molar-refractivity contribution in [3.05, 3.63) is 64.4 Å². The maximum absolute atomic E-state index is 12.8. The van der Waals surface area contributed by atoms with Crippen molar-refractivity contribution in [2.75, 3.05) is 26.6 Å². The van der Waals surface area contributed by atoms with Crippen molar-refractivity contribution >= 4 is 28.4 Å². The van der Waals surface area contributed by atoms with Crippen LogP contribution in [-0.2, 0) is 11.3 Å². The molecule has 0 amide bonds. The Morgan fingerprint density at radius 1 is 1.11 bits per heavy atom. The van der Waals surface area contributed by atoms with Crippen molar-refractivity contribution < 1.29 is 14.3 Å². The van der Waals surface area contributed by atoms with Crippen LogP contribution in [0.1, 0.15) is 10.4 Å². The number of fused-ring (bicyclic) bond motifs is 1. The molecule has 1 aromatic heterocycles. The first kappa shape index (κ1) is 19.1. The van der Waals surface area contributed by atoms with Crippen molar-refractivity contribution in [3.63, 3.8) is 0 Å². The molecule has 0 fully saturated rings. The van der Waals surface area contributed by atoms with Gasteiger partial charge in [-0.25, -0.2) is 4.98 Å². The Labute approximate surface area is 161 Å². The van der Waals surface area contributed by atoms with Crippen LogP contribution in [0.25, 0.3) is 10.9 Å². The largest absolute Gasteiger partial charge is 0.496 e. The number of para-hydroxylation sites is 2. The number of benzene rings is 2. The summed E-state index contributed by atoms with van der Waals surface area (Å²) in [7, 11) is 3.12. The zero-order valence-electron chi connectivity index (χ0n) is 15.2. The molecule has 0 saturated carbocycles. The van der Waals surface area contributed by atoms with Crippen LogP contribution in [0.15, 0.2) is 58.5 Å². The quantitative estimate of drug-likeness (QED) is 0.338. The monoisotopic (exact) mass is 384 g/mol. The predicted octanol–water partition coefficient (Wildman–Crippen LogP) is 3.03. The third kappa shape index (κ3) is 4.20. The number of nitrogens with zero attached hydrogens (tertiary/aromatic N) is 2. The van der Waals surface area contributed by atoms with E-state index in [4.69, 9.17) is 9.47 Å². The van der Waals surface area contributed by atoms with Crippen LogP contribution in [0.3, 0.4) is 0 Å². The number of Topliss-reactive ketones (excluding diaryl/α,β-unsaturated/α-hetero) is 1. The molecule has 27 heavy (non-hydrogen) atoms. The molecule has 7 heteroatoms. The van der Waals surface area contributed by atoms with E-state index in [1.165, 1.54) is 18.9 Å². The van der Waals surface area contributed by atoms with Gasteiger partial charge in [0.25, 0.3) is 5.56 Å². The molecule has 3 rings (SSSR count). The minimum atomic E-state index is -0.134. The molecule has 140 valence electrons. The van der Waals surface area contributed by atoms with Gasteiger partial charge in [-0.2, -0.15) is 0 Å². The fourth-order valence-corrected chi connectivity index (χ4v) is 3.63. The molecule has 0 spiro atoms. The lowest BCUT2D eigenvalue weighted by molar-refractivity contribution is 0.101. The number of carbonyl (C=O) groups is 1. The van der Waals surface area contributed by atoms with Gasteiger partial charge in [-0.05, 0) is 24.3 Å². The summed E-state index contributed by atoms with van der Waals surface area (Å²) in [4.78, 5) is 30.0. The highest BCUT2D eigenvalue weighted by molar-refractivity contribution is 7.99. The van der Waals surface area contributed by atoms with Crippen LogP contribution in [0.4, 0.5) is 0 Å². The van der Waals surface area contributed by atoms with Gasteiger partial charge >= 0.3 is 0 Å². The molecule has 0 aliphatic heterocycles. The van der Waals surface area contributed by atoms with E-state index in [0.717, 1.165) is 0 Å². The molecule has 2 aromatic carbocycles. The maximum Gasteiger partial charge on any atom is 0.262 e. The fourth-order valence-electron chi connectivity index (χ4n) is 2.72. The first-order chi connectivity index (χ1) is 13.2. The van der Waals surface area contributed by atoms with Gasteiger partial charge in [-0.3, -0.25) is 14.2 Å². The van der Waals surface area contributed by atoms with E-state index >= 15 is 0 Å². The van der Waals surface area contributed by atoms with Crippen LogP contribution in [-0.4, -0.2) is 41.9 Å². The van der Waals surface area contributed by atoms with Crippen molar-refractivity contribution in [1.29, 1.82) is 0 Å². The highest BCUT2D eigenvalue weighted by atomic mass is 32.2. The summed E-state index contributed by atoms with van der Waals surface area (Å²) in [6, 6.07) is 14.3. The number of ketones is 1. The number of aromatic nitrogens is 2. The van der Waals surface area contributed by atoms with Gasteiger partial charge in [0.15, 0.2) is 10.9 Å². The van der Waals surface area contributed by atoms with Crippen LogP contribution in [0, 0.1) is 0 Å². The summed E-state index contributed by atoms with van der Waals surface area (Å²) < 4.78 is 11.9. The van der Waals surface area contributed by atoms with Crippen molar-refractivity contribution in [2.45, 2.75) is 11.7 Å². The van der Waals surface area contributed by atoms with Crippen molar-refractivity contribution in [3.8, 4) is 5.75 Å².